The molecule has 207 valence electrons. The van der Waals surface area contributed by atoms with Crippen LogP contribution in [0.2, 0.25) is 0 Å². The minimum absolute atomic E-state index is 0. The molecule has 3 aliphatic rings. The number of amidine groups is 3. The molecule has 0 unspecified atom stereocenters. The number of aliphatic imine (C=N–C) groups is 4. The molecule has 7 nitrogen and oxygen atoms in total. The van der Waals surface area contributed by atoms with Crippen LogP contribution >= 0.6 is 0 Å². The number of rotatable bonds is 0. The number of aromatic nitrogens is 2. The van der Waals surface area contributed by atoms with Crippen molar-refractivity contribution in [2.24, 2.45) is 25.0 Å². The van der Waals surface area contributed by atoms with Crippen molar-refractivity contribution >= 4 is 62.5 Å². The topological polar surface area (TPSA) is 90.0 Å². The fourth-order valence-electron chi connectivity index (χ4n) is 6.01. The SMILES string of the molecule is C1=c2\[n-]c(c3ccccc23)=NC2=N/C(=N\c3[n-]c(c4ccccc34)/N=C3\N=C(CC/1)c1ccccc13)c1ccccc12.[Cu+2]. The van der Waals surface area contributed by atoms with Crippen LogP contribution in [0.1, 0.15) is 35.1 Å². The van der Waals surface area contributed by atoms with Crippen molar-refractivity contribution in [2.75, 3.05) is 0 Å². The Labute approximate surface area is 256 Å². The van der Waals surface area contributed by atoms with Gasteiger partial charge in [0, 0.05) is 39.6 Å². The van der Waals surface area contributed by atoms with Crippen LogP contribution in [0, 0.1) is 0 Å². The summed E-state index contributed by atoms with van der Waals surface area (Å²) in [6, 6.07) is 32.6. The van der Waals surface area contributed by atoms with Crippen molar-refractivity contribution in [1.82, 2.24) is 9.97 Å². The molecule has 0 spiro atoms. The molecule has 0 N–H and O–H groups in total. The van der Waals surface area contributed by atoms with Crippen LogP contribution in [0.3, 0.4) is 0 Å². The second kappa shape index (κ2) is 9.98. The quantitative estimate of drug-likeness (QED) is 0.214. The molecule has 5 heterocycles. The third kappa shape index (κ3) is 4.07. The summed E-state index contributed by atoms with van der Waals surface area (Å²) in [4.78, 5) is 34.8. The Kier molecular flexibility index (Phi) is 5.93. The molecule has 8 heteroatoms. The van der Waals surface area contributed by atoms with Crippen molar-refractivity contribution < 1.29 is 17.1 Å². The number of nitrogens with zero attached hydrogens (tertiary/aromatic N) is 7. The summed E-state index contributed by atoms with van der Waals surface area (Å²) < 4.78 is 0. The molecule has 4 aromatic carbocycles. The molecule has 0 saturated heterocycles. The van der Waals surface area contributed by atoms with Gasteiger partial charge in [-0.15, -0.1) is 0 Å². The van der Waals surface area contributed by atoms with Gasteiger partial charge in [-0.05, 0) is 45.2 Å². The van der Waals surface area contributed by atoms with E-state index in [0.717, 1.165) is 67.7 Å². The van der Waals surface area contributed by atoms with Gasteiger partial charge in [0.25, 0.3) is 0 Å². The van der Waals surface area contributed by atoms with Crippen LogP contribution in [0.5, 0.6) is 0 Å². The molecular weight excluding hydrogens is 582 g/mol. The Balaban J connectivity index is 0.00000278. The summed E-state index contributed by atoms with van der Waals surface area (Å²) in [7, 11) is 0. The van der Waals surface area contributed by atoms with Gasteiger partial charge < -0.3 is 24.9 Å². The van der Waals surface area contributed by atoms with Gasteiger partial charge in [0.1, 0.15) is 0 Å². The molecule has 0 aliphatic carbocycles. The summed E-state index contributed by atoms with van der Waals surface area (Å²) in [6.07, 6.45) is 3.72. The van der Waals surface area contributed by atoms with Crippen molar-refractivity contribution in [3.63, 3.8) is 0 Å². The van der Waals surface area contributed by atoms with E-state index in [9.17, 15) is 0 Å². The maximum atomic E-state index is 5.02. The molecule has 3 aliphatic heterocycles. The third-order valence-electron chi connectivity index (χ3n) is 7.99. The van der Waals surface area contributed by atoms with Crippen LogP contribution < -0.4 is 20.8 Å². The summed E-state index contributed by atoms with van der Waals surface area (Å²) in [5.41, 5.74) is 5.64. The van der Waals surface area contributed by atoms with E-state index >= 15 is 0 Å². The van der Waals surface area contributed by atoms with E-state index in [4.69, 9.17) is 34.9 Å². The molecule has 6 aromatic rings. The average molecular weight is 603 g/mol. The van der Waals surface area contributed by atoms with Crippen LogP contribution in [-0.2, 0) is 17.1 Å². The Bertz CT molecular complexity index is 2370. The zero-order valence-corrected chi connectivity index (χ0v) is 23.6. The minimum atomic E-state index is 0. The zero-order chi connectivity index (χ0) is 27.6. The monoisotopic (exact) mass is 602 g/mol. The number of hydrogen-bond acceptors (Lipinski definition) is 5. The Morgan fingerprint density at radius 2 is 0.977 bits per heavy atom. The van der Waals surface area contributed by atoms with E-state index in [2.05, 4.69) is 36.4 Å². The maximum absolute atomic E-state index is 5.02. The van der Waals surface area contributed by atoms with E-state index < -0.39 is 0 Å². The minimum Gasteiger partial charge on any atom is -0.435 e. The van der Waals surface area contributed by atoms with Crippen molar-refractivity contribution in [3.8, 4) is 0 Å². The number of benzene rings is 4. The molecule has 0 saturated carbocycles. The largest absolute Gasteiger partial charge is 2.00 e. The maximum Gasteiger partial charge on any atom is 2.00 e. The molecule has 43 heavy (non-hydrogen) atoms. The van der Waals surface area contributed by atoms with E-state index in [1.54, 1.807) is 0 Å². The molecular formula is C35H21CuN7. The normalized spacial score (nSPS) is 18.3. The van der Waals surface area contributed by atoms with Gasteiger partial charge in [0.15, 0.2) is 0 Å². The first kappa shape index (κ1) is 25.5. The van der Waals surface area contributed by atoms with Crippen LogP contribution in [0.4, 0.5) is 11.6 Å². The van der Waals surface area contributed by atoms with Gasteiger partial charge in [-0.25, -0.2) is 9.98 Å². The van der Waals surface area contributed by atoms with E-state index in [1.807, 2.05) is 66.7 Å². The third-order valence-corrected chi connectivity index (χ3v) is 7.99. The predicted octanol–water partition coefficient (Wildman–Crippen LogP) is 5.52. The van der Waals surface area contributed by atoms with Gasteiger partial charge in [0.2, 0.25) is 0 Å². The van der Waals surface area contributed by atoms with Gasteiger partial charge in [-0.2, -0.15) is 0 Å². The molecule has 9 rings (SSSR count). The zero-order valence-electron chi connectivity index (χ0n) is 22.7. The van der Waals surface area contributed by atoms with Crippen LogP contribution in [0.25, 0.3) is 27.6 Å². The van der Waals surface area contributed by atoms with Gasteiger partial charge >= 0.3 is 17.1 Å². The molecule has 0 amide bonds. The van der Waals surface area contributed by atoms with Crippen molar-refractivity contribution in [2.45, 2.75) is 12.8 Å². The molecule has 2 aromatic heterocycles. The summed E-state index contributed by atoms with van der Waals surface area (Å²) in [5, 5.41) is 4.84. The molecule has 0 atom stereocenters. The summed E-state index contributed by atoms with van der Waals surface area (Å²) in [6.45, 7) is 0. The Morgan fingerprint density at radius 1 is 0.465 bits per heavy atom. The Hall–Kier alpha value is -5.17. The van der Waals surface area contributed by atoms with Crippen LogP contribution in [-0.4, -0.2) is 23.2 Å². The van der Waals surface area contributed by atoms with Gasteiger partial charge in [-0.3, -0.25) is 0 Å². The Morgan fingerprint density at radius 3 is 1.65 bits per heavy atom. The van der Waals surface area contributed by atoms with E-state index in [-0.39, 0.29) is 17.1 Å². The second-order valence-electron chi connectivity index (χ2n) is 10.5. The first-order chi connectivity index (χ1) is 20.8. The first-order valence-electron chi connectivity index (χ1n) is 14.0. The summed E-state index contributed by atoms with van der Waals surface area (Å²) in [5.74, 6) is 3.02. The van der Waals surface area contributed by atoms with E-state index in [0.29, 0.717) is 34.6 Å². The molecule has 1 radical (unpaired) electrons. The summed E-state index contributed by atoms with van der Waals surface area (Å²) >= 11 is 0. The second-order valence-corrected chi connectivity index (χ2v) is 10.5. The fraction of sp³-hybridized carbons (Fsp3) is 0.0571. The predicted molar refractivity (Wildman–Crippen MR) is 167 cm³/mol. The molecule has 8 bridgehead atoms. The molecule has 0 fully saturated rings. The van der Waals surface area contributed by atoms with Gasteiger partial charge in [0.05, 0.1) is 17.5 Å². The van der Waals surface area contributed by atoms with Crippen LogP contribution in [0.15, 0.2) is 122 Å². The van der Waals surface area contributed by atoms with Crippen molar-refractivity contribution in [1.29, 1.82) is 0 Å². The van der Waals surface area contributed by atoms with E-state index in [1.165, 1.54) is 0 Å². The number of fused-ring (bicyclic) bond motifs is 18. The smallest absolute Gasteiger partial charge is 0.435 e. The number of hydrogen-bond donors (Lipinski definition) is 0. The first-order valence-corrected chi connectivity index (χ1v) is 14.0. The van der Waals surface area contributed by atoms with Crippen molar-refractivity contribution in [3.05, 3.63) is 130 Å². The average Bonchev–Trinajstić information content (AvgIpc) is 3.77. The van der Waals surface area contributed by atoms with Gasteiger partial charge in [-0.1, -0.05) is 103 Å². The fourth-order valence-corrected chi connectivity index (χ4v) is 6.01. The standard InChI is InChI=1S/C35H21N7.Cu/c1-3-12-22-20(10-1)28-18-9-19-29-21-11-2-4-13-23(21)31(37-29)39-33-25-15-6-8-17-27(25)35(41-33)42-34-26-16-7-5-14-24(26)32(40-34)38-30(22)36-28;/h1-8,10-18H,9,19H2;/q-2;+2/b28-18-,39-31-;.